The van der Waals surface area contributed by atoms with Crippen LogP contribution in [-0.4, -0.2) is 35.6 Å². The Labute approximate surface area is 129 Å². The summed E-state index contributed by atoms with van der Waals surface area (Å²) >= 11 is 1.42. The molecule has 6 nitrogen and oxygen atoms in total. The van der Waals surface area contributed by atoms with Crippen LogP contribution in [0.4, 0.5) is 5.13 Å². The molecule has 21 heavy (non-hydrogen) atoms. The Balaban J connectivity index is 2.50. The lowest BCUT2D eigenvalue weighted by Crippen LogP contribution is -2.47. The Kier molecular flexibility index (Phi) is 6.14. The summed E-state index contributed by atoms with van der Waals surface area (Å²) in [5.41, 5.74) is 0.554. The molecule has 0 fully saturated rings. The third-order valence-electron chi connectivity index (χ3n) is 2.60. The molecule has 0 bridgehead atoms. The molecule has 118 valence electrons. The number of methoxy groups -OCH3 is 1. The molecule has 1 aromatic heterocycles. The summed E-state index contributed by atoms with van der Waals surface area (Å²) in [5.74, 6) is -0.329. The number of amides is 1. The number of ether oxygens (including phenoxy) is 1. The summed E-state index contributed by atoms with van der Waals surface area (Å²) in [6.07, 6.45) is 0.840. The summed E-state index contributed by atoms with van der Waals surface area (Å²) < 4.78 is 4.59. The fraction of sp³-hybridized carbons (Fsp3) is 0.643. The average Bonchev–Trinajstić information content (AvgIpc) is 2.81. The van der Waals surface area contributed by atoms with Gasteiger partial charge >= 0.3 is 5.97 Å². The highest BCUT2D eigenvalue weighted by Gasteiger charge is 2.19. The van der Waals surface area contributed by atoms with Crippen molar-refractivity contribution in [3.8, 4) is 0 Å². The lowest BCUT2D eigenvalue weighted by molar-refractivity contribution is -0.140. The molecule has 0 aliphatic heterocycles. The standard InChI is InChI=1S/C14H23N3O3S/c1-9(12(19)17-14(2,3)4)15-13-16-10(8-21-13)6-7-11(18)20-5/h8-9H,6-7H2,1-5H3,(H,15,16)(H,17,19). The number of nitrogens with one attached hydrogen (secondary N) is 2. The van der Waals surface area contributed by atoms with Crippen LogP contribution >= 0.6 is 11.3 Å². The quantitative estimate of drug-likeness (QED) is 0.785. The van der Waals surface area contributed by atoms with E-state index in [1.807, 2.05) is 26.2 Å². The van der Waals surface area contributed by atoms with Crippen molar-refractivity contribution >= 4 is 28.3 Å². The largest absolute Gasteiger partial charge is 0.469 e. The number of hydrogen-bond donors (Lipinski definition) is 2. The van der Waals surface area contributed by atoms with E-state index in [1.54, 1.807) is 6.92 Å². The van der Waals surface area contributed by atoms with E-state index in [-0.39, 0.29) is 23.5 Å². The number of anilines is 1. The van der Waals surface area contributed by atoms with Crippen LogP contribution in [0.2, 0.25) is 0 Å². The van der Waals surface area contributed by atoms with E-state index in [0.29, 0.717) is 18.0 Å². The van der Waals surface area contributed by atoms with Crippen molar-refractivity contribution in [2.24, 2.45) is 0 Å². The Morgan fingerprint density at radius 3 is 2.67 bits per heavy atom. The number of carbonyl (C=O) groups is 2. The second-order valence-corrected chi connectivity index (χ2v) is 6.68. The second-order valence-electron chi connectivity index (χ2n) is 5.83. The molecule has 0 radical (unpaired) electrons. The maximum atomic E-state index is 12.0. The van der Waals surface area contributed by atoms with Crippen molar-refractivity contribution in [2.45, 2.75) is 52.1 Å². The molecule has 0 spiro atoms. The van der Waals surface area contributed by atoms with Gasteiger partial charge in [-0.3, -0.25) is 9.59 Å². The number of hydrogen-bond acceptors (Lipinski definition) is 6. The molecule has 0 saturated heterocycles. The fourth-order valence-corrected chi connectivity index (χ4v) is 2.38. The van der Waals surface area contributed by atoms with Gasteiger partial charge in [0.05, 0.1) is 19.2 Å². The molecule has 1 aromatic rings. The zero-order valence-corrected chi connectivity index (χ0v) is 14.0. The van der Waals surface area contributed by atoms with Gasteiger partial charge in [-0.1, -0.05) is 0 Å². The van der Waals surface area contributed by atoms with Gasteiger partial charge in [0.15, 0.2) is 5.13 Å². The van der Waals surface area contributed by atoms with Crippen molar-refractivity contribution in [1.82, 2.24) is 10.3 Å². The summed E-state index contributed by atoms with van der Waals surface area (Å²) in [4.78, 5) is 27.4. The minimum Gasteiger partial charge on any atom is -0.469 e. The van der Waals surface area contributed by atoms with E-state index in [1.165, 1.54) is 18.4 Å². The van der Waals surface area contributed by atoms with Gasteiger partial charge < -0.3 is 15.4 Å². The fourth-order valence-electron chi connectivity index (χ4n) is 1.55. The van der Waals surface area contributed by atoms with Crippen LogP contribution < -0.4 is 10.6 Å². The van der Waals surface area contributed by atoms with Gasteiger partial charge in [-0.25, -0.2) is 4.98 Å². The van der Waals surface area contributed by atoms with E-state index >= 15 is 0 Å². The van der Waals surface area contributed by atoms with E-state index in [4.69, 9.17) is 0 Å². The molecule has 1 unspecified atom stereocenters. The van der Waals surface area contributed by atoms with Gasteiger partial charge in [0.1, 0.15) is 6.04 Å². The van der Waals surface area contributed by atoms with E-state index in [2.05, 4.69) is 20.4 Å². The topological polar surface area (TPSA) is 80.3 Å². The summed E-state index contributed by atoms with van der Waals surface area (Å²) in [6.45, 7) is 7.60. The van der Waals surface area contributed by atoms with Crippen molar-refractivity contribution < 1.29 is 14.3 Å². The van der Waals surface area contributed by atoms with Crippen LogP contribution in [0.15, 0.2) is 5.38 Å². The summed E-state index contributed by atoms with van der Waals surface area (Å²) in [6, 6.07) is -0.371. The molecule has 0 saturated carbocycles. The number of aromatic nitrogens is 1. The molecular weight excluding hydrogens is 290 g/mol. The molecule has 0 aliphatic rings. The predicted octanol–water partition coefficient (Wildman–Crippen LogP) is 1.96. The highest BCUT2D eigenvalue weighted by atomic mass is 32.1. The van der Waals surface area contributed by atoms with Gasteiger partial charge in [-0.15, -0.1) is 11.3 Å². The van der Waals surface area contributed by atoms with Gasteiger partial charge in [0.25, 0.3) is 0 Å². The number of nitrogens with zero attached hydrogens (tertiary/aromatic N) is 1. The van der Waals surface area contributed by atoms with E-state index in [0.717, 1.165) is 5.69 Å². The number of carbonyl (C=O) groups excluding carboxylic acids is 2. The van der Waals surface area contributed by atoms with Crippen LogP contribution in [0, 0.1) is 0 Å². The zero-order chi connectivity index (χ0) is 16.0. The van der Waals surface area contributed by atoms with E-state index in [9.17, 15) is 9.59 Å². The Bertz CT molecular complexity index is 494. The number of esters is 1. The van der Waals surface area contributed by atoms with Gasteiger partial charge in [0.2, 0.25) is 5.91 Å². The lowest BCUT2D eigenvalue weighted by Gasteiger charge is -2.23. The molecular formula is C14H23N3O3S. The highest BCUT2D eigenvalue weighted by Crippen LogP contribution is 2.17. The van der Waals surface area contributed by atoms with Crippen molar-refractivity contribution in [1.29, 1.82) is 0 Å². The van der Waals surface area contributed by atoms with Gasteiger partial charge in [-0.05, 0) is 27.7 Å². The molecule has 0 aliphatic carbocycles. The molecule has 0 aromatic carbocycles. The van der Waals surface area contributed by atoms with Crippen molar-refractivity contribution in [3.63, 3.8) is 0 Å². The molecule has 1 rings (SSSR count). The molecule has 7 heteroatoms. The Hall–Kier alpha value is -1.63. The van der Waals surface area contributed by atoms with Gasteiger partial charge in [-0.2, -0.15) is 0 Å². The SMILES string of the molecule is COC(=O)CCc1csc(NC(C)C(=O)NC(C)(C)C)n1. The van der Waals surface area contributed by atoms with Crippen LogP contribution in [0.3, 0.4) is 0 Å². The first-order valence-electron chi connectivity index (χ1n) is 6.81. The first-order valence-corrected chi connectivity index (χ1v) is 7.69. The first kappa shape index (κ1) is 17.4. The molecule has 1 amide bonds. The first-order chi connectivity index (χ1) is 9.71. The maximum absolute atomic E-state index is 12.0. The van der Waals surface area contributed by atoms with Crippen LogP contribution in [-0.2, 0) is 20.7 Å². The maximum Gasteiger partial charge on any atom is 0.305 e. The van der Waals surface area contributed by atoms with Crippen molar-refractivity contribution in [2.75, 3.05) is 12.4 Å². The summed E-state index contributed by atoms with van der Waals surface area (Å²) in [5, 5.41) is 8.52. The van der Waals surface area contributed by atoms with Crippen LogP contribution in [0.25, 0.3) is 0 Å². The van der Waals surface area contributed by atoms with Gasteiger partial charge in [0, 0.05) is 17.3 Å². The van der Waals surface area contributed by atoms with Crippen molar-refractivity contribution in [3.05, 3.63) is 11.1 Å². The second kappa shape index (κ2) is 7.40. The lowest BCUT2D eigenvalue weighted by atomic mass is 10.1. The monoisotopic (exact) mass is 313 g/mol. The minimum atomic E-state index is -0.371. The molecule has 1 heterocycles. The third kappa shape index (κ3) is 6.57. The zero-order valence-electron chi connectivity index (χ0n) is 13.1. The number of aryl methyl sites for hydroxylation is 1. The normalized spacial score (nSPS) is 12.6. The Morgan fingerprint density at radius 1 is 1.43 bits per heavy atom. The number of thiazole rings is 1. The van der Waals surface area contributed by atoms with Crippen LogP contribution in [0.1, 0.15) is 39.8 Å². The minimum absolute atomic E-state index is 0.0752. The highest BCUT2D eigenvalue weighted by molar-refractivity contribution is 7.13. The van der Waals surface area contributed by atoms with E-state index < -0.39 is 0 Å². The predicted molar refractivity (Wildman–Crippen MR) is 83.4 cm³/mol. The third-order valence-corrected chi connectivity index (χ3v) is 3.42. The molecule has 2 N–H and O–H groups in total. The summed E-state index contributed by atoms with van der Waals surface area (Å²) in [7, 11) is 1.37. The smallest absolute Gasteiger partial charge is 0.305 e. The number of rotatable bonds is 6. The Morgan fingerprint density at radius 2 is 2.10 bits per heavy atom. The average molecular weight is 313 g/mol. The molecule has 1 atom stereocenters. The van der Waals surface area contributed by atoms with Crippen LogP contribution in [0.5, 0.6) is 0 Å².